The van der Waals surface area contributed by atoms with Crippen LogP contribution in [0.25, 0.3) is 0 Å². The largest absolute Gasteiger partial charge is 0.250 e. The highest BCUT2D eigenvalue weighted by Gasteiger charge is 2.11. The molecule has 0 N–H and O–H groups in total. The first-order chi connectivity index (χ1) is 8.28. The second-order valence-electron chi connectivity index (χ2n) is 3.98. The summed E-state index contributed by atoms with van der Waals surface area (Å²) in [5.41, 5.74) is 1.32. The molecule has 0 amide bonds. The first-order valence-corrected chi connectivity index (χ1v) is 7.67. The van der Waals surface area contributed by atoms with Crippen molar-refractivity contribution in [2.75, 3.05) is 5.88 Å². The molecular formula is C13H13BrClNS. The summed E-state index contributed by atoms with van der Waals surface area (Å²) in [4.78, 5) is 4.31. The van der Waals surface area contributed by atoms with Crippen LogP contribution in [-0.4, -0.2) is 10.9 Å². The molecule has 17 heavy (non-hydrogen) atoms. The molecule has 0 aliphatic heterocycles. The van der Waals surface area contributed by atoms with Crippen LogP contribution in [-0.2, 0) is 12.8 Å². The normalized spacial score (nSPS) is 12.6. The monoisotopic (exact) mass is 329 g/mol. The molecule has 1 nitrogen and oxygen atoms in total. The van der Waals surface area contributed by atoms with Gasteiger partial charge in [-0.05, 0) is 30.0 Å². The zero-order valence-corrected chi connectivity index (χ0v) is 12.4. The van der Waals surface area contributed by atoms with Gasteiger partial charge < -0.3 is 0 Å². The maximum absolute atomic E-state index is 6.04. The fourth-order valence-corrected chi connectivity index (χ4v) is 3.18. The van der Waals surface area contributed by atoms with Crippen molar-refractivity contribution in [2.45, 2.75) is 12.8 Å². The van der Waals surface area contributed by atoms with E-state index in [2.05, 4.69) is 39.1 Å². The number of hydrogen-bond acceptors (Lipinski definition) is 2. The van der Waals surface area contributed by atoms with Crippen molar-refractivity contribution in [3.8, 4) is 0 Å². The summed E-state index contributed by atoms with van der Waals surface area (Å²) in [5, 5.41) is 3.19. The first kappa shape index (κ1) is 13.1. The number of alkyl halides is 1. The Balaban J connectivity index is 2.00. The minimum atomic E-state index is 0.456. The van der Waals surface area contributed by atoms with Crippen molar-refractivity contribution in [2.24, 2.45) is 5.92 Å². The Bertz CT molecular complexity index is 458. The molecule has 2 rings (SSSR count). The van der Waals surface area contributed by atoms with Crippen molar-refractivity contribution in [3.05, 3.63) is 50.9 Å². The lowest BCUT2D eigenvalue weighted by molar-refractivity contribution is 0.582. The third-order valence-electron chi connectivity index (χ3n) is 2.58. The highest BCUT2D eigenvalue weighted by Crippen LogP contribution is 2.19. The van der Waals surface area contributed by atoms with Gasteiger partial charge in [-0.15, -0.1) is 22.9 Å². The number of nitrogens with zero attached hydrogens (tertiary/aromatic N) is 1. The van der Waals surface area contributed by atoms with Crippen LogP contribution in [0.15, 0.2) is 40.3 Å². The van der Waals surface area contributed by atoms with Gasteiger partial charge in [0.05, 0.1) is 5.01 Å². The van der Waals surface area contributed by atoms with Gasteiger partial charge in [0.2, 0.25) is 0 Å². The third-order valence-corrected chi connectivity index (χ3v) is 4.31. The van der Waals surface area contributed by atoms with Crippen molar-refractivity contribution in [3.63, 3.8) is 0 Å². The molecule has 0 aliphatic rings. The van der Waals surface area contributed by atoms with Gasteiger partial charge >= 0.3 is 0 Å². The predicted molar refractivity (Wildman–Crippen MR) is 77.9 cm³/mol. The number of thiazole rings is 1. The van der Waals surface area contributed by atoms with Crippen LogP contribution in [0.2, 0.25) is 0 Å². The van der Waals surface area contributed by atoms with Crippen LogP contribution in [0.4, 0.5) is 0 Å². The fourth-order valence-electron chi connectivity index (χ4n) is 1.78. The van der Waals surface area contributed by atoms with E-state index in [0.717, 1.165) is 17.3 Å². The topological polar surface area (TPSA) is 12.9 Å². The molecule has 0 saturated carbocycles. The van der Waals surface area contributed by atoms with E-state index in [4.69, 9.17) is 11.6 Å². The molecule has 0 bridgehead atoms. The molecule has 0 radical (unpaired) electrons. The lowest BCUT2D eigenvalue weighted by atomic mass is 9.98. The summed E-state index contributed by atoms with van der Waals surface area (Å²) < 4.78 is 1.12. The van der Waals surface area contributed by atoms with Gasteiger partial charge in [-0.2, -0.15) is 0 Å². The van der Waals surface area contributed by atoms with Gasteiger partial charge in [0.1, 0.15) is 0 Å². The van der Waals surface area contributed by atoms with Crippen molar-refractivity contribution in [1.82, 2.24) is 4.98 Å². The highest BCUT2D eigenvalue weighted by atomic mass is 79.9. The number of benzene rings is 1. The lowest BCUT2D eigenvalue weighted by Gasteiger charge is -2.12. The Kier molecular flexibility index (Phi) is 5.01. The summed E-state index contributed by atoms with van der Waals surface area (Å²) in [6.45, 7) is 0. The zero-order valence-electron chi connectivity index (χ0n) is 9.27. The van der Waals surface area contributed by atoms with E-state index in [1.807, 2.05) is 17.6 Å². The molecule has 1 aromatic carbocycles. The SMILES string of the molecule is ClCC(Cc1cccc(Br)c1)Cc1nccs1. The molecule has 0 spiro atoms. The zero-order chi connectivity index (χ0) is 12.1. The van der Waals surface area contributed by atoms with E-state index in [9.17, 15) is 0 Å². The molecule has 1 aromatic heterocycles. The summed E-state index contributed by atoms with van der Waals surface area (Å²) >= 11 is 11.2. The lowest BCUT2D eigenvalue weighted by Crippen LogP contribution is -2.10. The molecule has 1 heterocycles. The van der Waals surface area contributed by atoms with E-state index in [-0.39, 0.29) is 0 Å². The van der Waals surface area contributed by atoms with Gasteiger partial charge in [0, 0.05) is 28.4 Å². The van der Waals surface area contributed by atoms with Crippen molar-refractivity contribution in [1.29, 1.82) is 0 Å². The molecule has 1 unspecified atom stereocenters. The van der Waals surface area contributed by atoms with E-state index in [0.29, 0.717) is 11.8 Å². The van der Waals surface area contributed by atoms with Crippen LogP contribution < -0.4 is 0 Å². The Morgan fingerprint density at radius 2 is 2.24 bits per heavy atom. The van der Waals surface area contributed by atoms with E-state index in [1.165, 1.54) is 10.6 Å². The first-order valence-electron chi connectivity index (χ1n) is 5.46. The van der Waals surface area contributed by atoms with Crippen molar-refractivity contribution >= 4 is 38.9 Å². The second kappa shape index (κ2) is 6.53. The van der Waals surface area contributed by atoms with Crippen molar-refractivity contribution < 1.29 is 0 Å². The number of hydrogen-bond donors (Lipinski definition) is 0. The fraction of sp³-hybridized carbons (Fsp3) is 0.308. The Morgan fingerprint density at radius 1 is 1.35 bits per heavy atom. The van der Waals surface area contributed by atoms with E-state index in [1.54, 1.807) is 11.3 Å². The van der Waals surface area contributed by atoms with E-state index >= 15 is 0 Å². The molecule has 0 saturated heterocycles. The Morgan fingerprint density at radius 3 is 2.88 bits per heavy atom. The van der Waals surface area contributed by atoms with Gasteiger partial charge in [-0.1, -0.05) is 28.1 Å². The standard InChI is InChI=1S/C13H13BrClNS/c14-12-3-1-2-10(7-12)6-11(9-15)8-13-16-4-5-17-13/h1-5,7,11H,6,8-9H2. The van der Waals surface area contributed by atoms with Gasteiger partial charge in [-0.3, -0.25) is 0 Å². The minimum Gasteiger partial charge on any atom is -0.250 e. The number of aromatic nitrogens is 1. The third kappa shape index (κ3) is 4.09. The smallest absolute Gasteiger partial charge is 0.0928 e. The number of halogens is 2. The molecule has 2 aromatic rings. The number of rotatable bonds is 5. The van der Waals surface area contributed by atoms with Crippen LogP contribution in [0.5, 0.6) is 0 Å². The Hall–Kier alpha value is -0.380. The summed E-state index contributed by atoms with van der Waals surface area (Å²) in [6, 6.07) is 8.40. The summed E-state index contributed by atoms with van der Waals surface area (Å²) in [6.07, 6.45) is 3.82. The van der Waals surface area contributed by atoms with E-state index < -0.39 is 0 Å². The molecule has 90 valence electrons. The predicted octanol–water partition coefficient (Wildman–Crippen LogP) is 4.55. The van der Waals surface area contributed by atoms with Gasteiger partial charge in [0.25, 0.3) is 0 Å². The van der Waals surface area contributed by atoms with Gasteiger partial charge in [0.15, 0.2) is 0 Å². The van der Waals surface area contributed by atoms with Crippen LogP contribution >= 0.6 is 38.9 Å². The highest BCUT2D eigenvalue weighted by molar-refractivity contribution is 9.10. The average molecular weight is 331 g/mol. The molecule has 0 fully saturated rings. The van der Waals surface area contributed by atoms with Crippen LogP contribution in [0, 0.1) is 5.92 Å². The molecule has 0 aliphatic carbocycles. The quantitative estimate of drug-likeness (QED) is 0.733. The molecular weight excluding hydrogens is 318 g/mol. The minimum absolute atomic E-state index is 0.456. The van der Waals surface area contributed by atoms with Gasteiger partial charge in [-0.25, -0.2) is 4.98 Å². The maximum atomic E-state index is 6.04. The molecule has 4 heteroatoms. The van der Waals surface area contributed by atoms with Crippen LogP contribution in [0.1, 0.15) is 10.6 Å². The summed E-state index contributed by atoms with van der Waals surface area (Å²) in [5.74, 6) is 1.13. The Labute approximate surface area is 119 Å². The molecule has 1 atom stereocenters. The average Bonchev–Trinajstić information content (AvgIpc) is 2.81. The summed E-state index contributed by atoms with van der Waals surface area (Å²) in [7, 11) is 0. The second-order valence-corrected chi connectivity index (χ2v) is 6.19. The van der Waals surface area contributed by atoms with Crippen LogP contribution in [0.3, 0.4) is 0 Å². The maximum Gasteiger partial charge on any atom is 0.0928 e.